The summed E-state index contributed by atoms with van der Waals surface area (Å²) in [4.78, 5) is 0.391. The summed E-state index contributed by atoms with van der Waals surface area (Å²) in [7, 11) is -4.32. The van der Waals surface area contributed by atoms with Crippen LogP contribution in [-0.4, -0.2) is 91.0 Å². The molecular weight excluding hydrogens is 558 g/mol. The summed E-state index contributed by atoms with van der Waals surface area (Å²) in [5.74, 6) is 1.01. The molecule has 1 unspecified atom stereocenters. The van der Waals surface area contributed by atoms with E-state index in [0.717, 1.165) is 12.0 Å². The number of methoxy groups -OCH3 is 1. The zero-order valence-corrected chi connectivity index (χ0v) is 25.0. The van der Waals surface area contributed by atoms with Crippen molar-refractivity contribution in [1.82, 2.24) is 14.3 Å². The maximum absolute atomic E-state index is 13.4. The number of benzene rings is 2. The molecule has 0 saturated carbocycles. The Morgan fingerprint density at radius 3 is 2.52 bits per heavy atom. The van der Waals surface area contributed by atoms with Crippen LogP contribution in [0, 0.1) is 13.8 Å². The minimum absolute atomic E-state index is 0.00809. The molecule has 2 heterocycles. The van der Waals surface area contributed by atoms with E-state index in [1.54, 1.807) is 38.3 Å². The summed E-state index contributed by atoms with van der Waals surface area (Å²) in [5, 5.41) is 13.7. The first-order valence-corrected chi connectivity index (χ1v) is 16.2. The molecule has 40 heavy (non-hydrogen) atoms. The van der Waals surface area contributed by atoms with E-state index in [2.05, 4.69) is 10.0 Å². The molecule has 2 aliphatic heterocycles. The van der Waals surface area contributed by atoms with Crippen molar-refractivity contribution in [3.63, 3.8) is 0 Å². The number of hydrogen-bond acceptors (Lipinski definition) is 9. The summed E-state index contributed by atoms with van der Waals surface area (Å²) in [6.45, 7) is 5.15. The predicted octanol–water partition coefficient (Wildman–Crippen LogP) is 1.56. The van der Waals surface area contributed by atoms with Gasteiger partial charge in [0, 0.05) is 31.7 Å². The van der Waals surface area contributed by atoms with Gasteiger partial charge in [0.2, 0.25) is 20.0 Å². The van der Waals surface area contributed by atoms with Gasteiger partial charge in [-0.25, -0.2) is 21.6 Å². The molecule has 2 aromatic rings. The molecule has 2 aliphatic rings. The van der Waals surface area contributed by atoms with E-state index in [-0.39, 0.29) is 24.1 Å². The minimum Gasteiger partial charge on any atom is -0.496 e. The van der Waals surface area contributed by atoms with Crippen molar-refractivity contribution in [3.8, 4) is 11.5 Å². The molecule has 2 fully saturated rings. The van der Waals surface area contributed by atoms with E-state index in [0.29, 0.717) is 54.5 Å². The van der Waals surface area contributed by atoms with Crippen LogP contribution in [0.5, 0.6) is 11.5 Å². The third-order valence-electron chi connectivity index (χ3n) is 7.84. The van der Waals surface area contributed by atoms with Crippen molar-refractivity contribution in [3.05, 3.63) is 47.5 Å². The molecule has 0 bridgehead atoms. The van der Waals surface area contributed by atoms with Crippen LogP contribution in [0.3, 0.4) is 0 Å². The lowest BCUT2D eigenvalue weighted by atomic mass is 9.88. The quantitative estimate of drug-likeness (QED) is 0.352. The Morgan fingerprint density at radius 2 is 1.85 bits per heavy atom. The molecule has 4 rings (SSSR count). The van der Waals surface area contributed by atoms with Crippen molar-refractivity contribution in [2.24, 2.45) is 0 Å². The minimum atomic E-state index is -3.64. The van der Waals surface area contributed by atoms with Gasteiger partial charge in [-0.3, -0.25) is 0 Å². The Bertz CT molecular complexity index is 1410. The highest BCUT2D eigenvalue weighted by Gasteiger charge is 2.45. The number of nitrogens with zero attached hydrogens (tertiary/aromatic N) is 1. The predicted molar refractivity (Wildman–Crippen MR) is 150 cm³/mol. The Morgan fingerprint density at radius 1 is 1.12 bits per heavy atom. The average molecular weight is 598 g/mol. The monoisotopic (exact) mass is 597 g/mol. The molecule has 0 aliphatic carbocycles. The van der Waals surface area contributed by atoms with Crippen LogP contribution in [0.1, 0.15) is 30.4 Å². The number of aliphatic hydroxyl groups excluding tert-OH is 1. The van der Waals surface area contributed by atoms with Crippen LogP contribution in [0.4, 0.5) is 0 Å². The molecule has 0 amide bonds. The molecule has 2 saturated heterocycles. The zero-order chi connectivity index (χ0) is 29.1. The highest BCUT2D eigenvalue weighted by Crippen LogP contribution is 2.38. The van der Waals surface area contributed by atoms with Gasteiger partial charge in [0.1, 0.15) is 24.2 Å². The SMILES string of the molecule is CNS(=O)(=O)c1cccc(OC[C@@H](O)CNC2COC3(CCN(S(=O)(=O)c4ccc(OC)c(C)c4C)CC3)C2)c1. The van der Waals surface area contributed by atoms with Gasteiger partial charge in [0.25, 0.3) is 0 Å². The smallest absolute Gasteiger partial charge is 0.243 e. The maximum atomic E-state index is 13.4. The molecule has 222 valence electrons. The average Bonchev–Trinajstić information content (AvgIpc) is 3.34. The molecule has 0 aromatic heterocycles. The fourth-order valence-electron chi connectivity index (χ4n) is 5.27. The Labute approximate surface area is 236 Å². The summed E-state index contributed by atoms with van der Waals surface area (Å²) in [5.41, 5.74) is 1.11. The lowest BCUT2D eigenvalue weighted by molar-refractivity contribution is -0.0312. The second kappa shape index (κ2) is 12.3. The van der Waals surface area contributed by atoms with E-state index >= 15 is 0 Å². The molecule has 3 N–H and O–H groups in total. The number of sulfonamides is 2. The maximum Gasteiger partial charge on any atom is 0.243 e. The van der Waals surface area contributed by atoms with E-state index in [9.17, 15) is 21.9 Å². The van der Waals surface area contributed by atoms with Crippen molar-refractivity contribution >= 4 is 20.0 Å². The largest absolute Gasteiger partial charge is 0.496 e. The lowest BCUT2D eigenvalue weighted by Gasteiger charge is -2.38. The van der Waals surface area contributed by atoms with Crippen LogP contribution in [0.25, 0.3) is 0 Å². The number of nitrogens with one attached hydrogen (secondary N) is 2. The zero-order valence-electron chi connectivity index (χ0n) is 23.3. The van der Waals surface area contributed by atoms with Gasteiger partial charge in [0.15, 0.2) is 0 Å². The van der Waals surface area contributed by atoms with E-state index in [4.69, 9.17) is 14.2 Å². The van der Waals surface area contributed by atoms with Crippen LogP contribution in [0.2, 0.25) is 0 Å². The highest BCUT2D eigenvalue weighted by molar-refractivity contribution is 7.89. The lowest BCUT2D eigenvalue weighted by Crippen LogP contribution is -2.47. The van der Waals surface area contributed by atoms with Gasteiger partial charge in [-0.05, 0) is 75.5 Å². The summed E-state index contributed by atoms with van der Waals surface area (Å²) >= 11 is 0. The first-order chi connectivity index (χ1) is 18.9. The molecule has 13 heteroatoms. The first-order valence-electron chi connectivity index (χ1n) is 13.3. The molecular formula is C27H39N3O8S2. The fraction of sp³-hybridized carbons (Fsp3) is 0.556. The topological polar surface area (TPSA) is 144 Å². The molecule has 2 atom stereocenters. The van der Waals surface area contributed by atoms with Gasteiger partial charge in [0.05, 0.1) is 29.1 Å². The van der Waals surface area contributed by atoms with Crippen molar-refractivity contribution in [1.29, 1.82) is 0 Å². The molecule has 0 radical (unpaired) electrons. The standard InChI is InChI=1S/C27H39N3O8S2/c1-19-20(2)26(9-8-25(19)36-4)40(34,35)30-12-10-27(11-13-30)15-21(17-38-27)29-16-22(31)18-37-23-6-5-7-24(14-23)39(32,33)28-3/h5-9,14,21-22,28-29,31H,10-13,15-18H2,1-4H3/t21?,22-/m0/s1. The van der Waals surface area contributed by atoms with E-state index in [1.165, 1.54) is 23.5 Å². The Kier molecular flexibility index (Phi) is 9.45. The number of aliphatic hydroxyl groups is 1. The Hall–Kier alpha value is -2.26. The van der Waals surface area contributed by atoms with Crippen LogP contribution < -0.4 is 19.5 Å². The number of piperidine rings is 1. The first kappa shape index (κ1) is 30.7. The van der Waals surface area contributed by atoms with Crippen molar-refractivity contribution in [2.75, 3.05) is 47.0 Å². The fourth-order valence-corrected chi connectivity index (χ4v) is 7.76. The third kappa shape index (κ3) is 6.62. The second-order valence-corrected chi connectivity index (χ2v) is 14.2. The van der Waals surface area contributed by atoms with Crippen molar-refractivity contribution in [2.45, 2.75) is 60.6 Å². The van der Waals surface area contributed by atoms with Gasteiger partial charge in [-0.1, -0.05) is 6.07 Å². The summed E-state index contributed by atoms with van der Waals surface area (Å²) in [6, 6.07) is 9.42. The van der Waals surface area contributed by atoms with Gasteiger partial charge in [-0.15, -0.1) is 0 Å². The number of rotatable bonds is 11. The number of ether oxygens (including phenoxy) is 3. The third-order valence-corrected chi connectivity index (χ3v) is 11.3. The molecule has 1 spiro atoms. The Balaban J connectivity index is 1.26. The second-order valence-electron chi connectivity index (χ2n) is 10.4. The van der Waals surface area contributed by atoms with Crippen LogP contribution in [-0.2, 0) is 24.8 Å². The van der Waals surface area contributed by atoms with Crippen LogP contribution >= 0.6 is 0 Å². The highest BCUT2D eigenvalue weighted by atomic mass is 32.2. The summed E-state index contributed by atoms with van der Waals surface area (Å²) < 4.78 is 71.7. The van der Waals surface area contributed by atoms with E-state index in [1.807, 2.05) is 6.92 Å². The van der Waals surface area contributed by atoms with Crippen LogP contribution in [0.15, 0.2) is 46.2 Å². The normalized spacial score (nSPS) is 20.5. The van der Waals surface area contributed by atoms with Gasteiger partial charge < -0.3 is 24.6 Å². The number of hydrogen-bond donors (Lipinski definition) is 3. The molecule has 11 nitrogen and oxygen atoms in total. The molecule has 2 aromatic carbocycles. The van der Waals surface area contributed by atoms with Crippen molar-refractivity contribution < 1.29 is 36.2 Å². The summed E-state index contributed by atoms with van der Waals surface area (Å²) in [6.07, 6.45) is 1.09. The van der Waals surface area contributed by atoms with Gasteiger partial charge in [-0.2, -0.15) is 4.31 Å². The van der Waals surface area contributed by atoms with E-state index < -0.39 is 31.8 Å². The van der Waals surface area contributed by atoms with Gasteiger partial charge >= 0.3 is 0 Å².